The highest BCUT2D eigenvalue weighted by Crippen LogP contribution is 2.26. The number of hydrogen-bond acceptors (Lipinski definition) is 2. The van der Waals surface area contributed by atoms with Crippen LogP contribution >= 0.6 is 0 Å². The van der Waals surface area contributed by atoms with Crippen LogP contribution in [0.2, 0.25) is 0 Å². The highest BCUT2D eigenvalue weighted by molar-refractivity contribution is 5.57. The van der Waals surface area contributed by atoms with Crippen molar-refractivity contribution in [1.29, 1.82) is 0 Å². The van der Waals surface area contributed by atoms with Crippen LogP contribution in [0.5, 0.6) is 0 Å². The smallest absolute Gasteiger partial charge is 0.0402 e. The summed E-state index contributed by atoms with van der Waals surface area (Å²) in [6.45, 7) is 6.60. The summed E-state index contributed by atoms with van der Waals surface area (Å²) in [6.07, 6.45) is 1.16. The molecule has 1 aliphatic rings. The Morgan fingerprint density at radius 2 is 2.13 bits per heavy atom. The predicted molar refractivity (Wildman–Crippen MR) is 65.4 cm³/mol. The summed E-state index contributed by atoms with van der Waals surface area (Å²) in [4.78, 5) is 2.37. The molecular weight excluding hydrogens is 184 g/mol. The van der Waals surface area contributed by atoms with E-state index in [2.05, 4.69) is 49.3 Å². The fourth-order valence-corrected chi connectivity index (χ4v) is 2.12. The molecule has 1 aromatic rings. The summed E-state index contributed by atoms with van der Waals surface area (Å²) < 4.78 is 0. The average Bonchev–Trinajstić information content (AvgIpc) is 2.27. The van der Waals surface area contributed by atoms with E-state index in [1.807, 2.05) is 0 Å². The van der Waals surface area contributed by atoms with Crippen LogP contribution in [0.1, 0.15) is 25.0 Å². The molecular formula is C13H20N2. The second-order valence-electron chi connectivity index (χ2n) is 4.55. The van der Waals surface area contributed by atoms with Crippen LogP contribution in [0.25, 0.3) is 0 Å². The first kappa shape index (κ1) is 10.5. The number of nitrogens with one attached hydrogen (secondary N) is 1. The molecule has 1 heterocycles. The Kier molecular flexibility index (Phi) is 2.96. The maximum Gasteiger partial charge on any atom is 0.0402 e. The van der Waals surface area contributed by atoms with E-state index in [0.29, 0.717) is 6.04 Å². The van der Waals surface area contributed by atoms with E-state index in [9.17, 15) is 0 Å². The van der Waals surface area contributed by atoms with Gasteiger partial charge < -0.3 is 10.2 Å². The molecule has 0 spiro atoms. The van der Waals surface area contributed by atoms with Gasteiger partial charge in [-0.1, -0.05) is 12.1 Å². The van der Waals surface area contributed by atoms with Crippen LogP contribution in [0, 0.1) is 0 Å². The van der Waals surface area contributed by atoms with Gasteiger partial charge in [-0.2, -0.15) is 0 Å². The Bertz CT molecular complexity index is 344. The van der Waals surface area contributed by atoms with Gasteiger partial charge in [0.05, 0.1) is 0 Å². The normalized spacial score (nSPS) is 15.2. The van der Waals surface area contributed by atoms with E-state index < -0.39 is 0 Å². The molecule has 0 saturated carbocycles. The SMILES string of the molecule is CC(C)N(C)c1cccc2c1CCNC2. The number of fused-ring (bicyclic) bond motifs is 1. The number of anilines is 1. The molecule has 2 rings (SSSR count). The van der Waals surface area contributed by atoms with Crippen molar-refractivity contribution in [2.45, 2.75) is 32.9 Å². The molecule has 82 valence electrons. The van der Waals surface area contributed by atoms with E-state index in [1.54, 1.807) is 0 Å². The minimum Gasteiger partial charge on any atom is -0.372 e. The molecule has 0 bridgehead atoms. The van der Waals surface area contributed by atoms with Gasteiger partial charge in [0.1, 0.15) is 0 Å². The highest BCUT2D eigenvalue weighted by atomic mass is 15.1. The lowest BCUT2D eigenvalue weighted by Gasteiger charge is -2.29. The van der Waals surface area contributed by atoms with Gasteiger partial charge in [0.2, 0.25) is 0 Å². The molecule has 0 radical (unpaired) electrons. The number of nitrogens with zero attached hydrogens (tertiary/aromatic N) is 1. The van der Waals surface area contributed by atoms with Gasteiger partial charge in [-0.05, 0) is 44.0 Å². The predicted octanol–water partition coefficient (Wildman–Crippen LogP) is 2.18. The molecule has 0 aliphatic carbocycles. The van der Waals surface area contributed by atoms with Crippen LogP contribution in [-0.4, -0.2) is 19.6 Å². The Labute approximate surface area is 92.3 Å². The quantitative estimate of drug-likeness (QED) is 0.794. The molecule has 2 heteroatoms. The van der Waals surface area contributed by atoms with Gasteiger partial charge in [0, 0.05) is 25.3 Å². The molecule has 0 amide bonds. The number of benzene rings is 1. The molecule has 0 fully saturated rings. The second-order valence-corrected chi connectivity index (χ2v) is 4.55. The minimum absolute atomic E-state index is 0.561. The summed E-state index contributed by atoms with van der Waals surface area (Å²) in [5, 5.41) is 3.42. The van der Waals surface area contributed by atoms with Gasteiger partial charge in [-0.3, -0.25) is 0 Å². The monoisotopic (exact) mass is 204 g/mol. The molecule has 1 N–H and O–H groups in total. The van der Waals surface area contributed by atoms with E-state index in [1.165, 1.54) is 16.8 Å². The molecule has 2 nitrogen and oxygen atoms in total. The average molecular weight is 204 g/mol. The molecule has 0 atom stereocenters. The fraction of sp³-hybridized carbons (Fsp3) is 0.538. The maximum absolute atomic E-state index is 3.42. The molecule has 0 aromatic heterocycles. The zero-order valence-corrected chi connectivity index (χ0v) is 9.88. The van der Waals surface area contributed by atoms with Gasteiger partial charge in [-0.15, -0.1) is 0 Å². The Balaban J connectivity index is 2.39. The third kappa shape index (κ3) is 2.00. The summed E-state index contributed by atoms with van der Waals surface area (Å²) >= 11 is 0. The summed E-state index contributed by atoms with van der Waals surface area (Å²) in [6, 6.07) is 7.20. The second kappa shape index (κ2) is 4.23. The molecule has 1 aliphatic heterocycles. The van der Waals surface area contributed by atoms with E-state index in [-0.39, 0.29) is 0 Å². The van der Waals surface area contributed by atoms with E-state index in [0.717, 1.165) is 19.5 Å². The number of rotatable bonds is 2. The standard InChI is InChI=1S/C13H20N2/c1-10(2)15(3)13-6-4-5-11-9-14-8-7-12(11)13/h4-6,10,14H,7-9H2,1-3H3. The molecule has 1 aromatic carbocycles. The minimum atomic E-state index is 0.561. The lowest BCUT2D eigenvalue weighted by molar-refractivity contribution is 0.638. The molecule has 0 unspecified atom stereocenters. The van der Waals surface area contributed by atoms with Crippen molar-refractivity contribution in [3.8, 4) is 0 Å². The van der Waals surface area contributed by atoms with Crippen LogP contribution < -0.4 is 10.2 Å². The zero-order valence-electron chi connectivity index (χ0n) is 9.88. The van der Waals surface area contributed by atoms with Crippen LogP contribution in [0.3, 0.4) is 0 Å². The third-order valence-corrected chi connectivity index (χ3v) is 3.27. The zero-order chi connectivity index (χ0) is 10.8. The van der Waals surface area contributed by atoms with Crippen molar-refractivity contribution in [3.63, 3.8) is 0 Å². The van der Waals surface area contributed by atoms with Crippen molar-refractivity contribution >= 4 is 5.69 Å². The van der Waals surface area contributed by atoms with Crippen molar-refractivity contribution in [2.24, 2.45) is 0 Å². The van der Waals surface area contributed by atoms with Crippen molar-refractivity contribution in [1.82, 2.24) is 5.32 Å². The van der Waals surface area contributed by atoms with Crippen LogP contribution in [0.4, 0.5) is 5.69 Å². The van der Waals surface area contributed by atoms with Crippen molar-refractivity contribution < 1.29 is 0 Å². The van der Waals surface area contributed by atoms with Crippen molar-refractivity contribution in [2.75, 3.05) is 18.5 Å². The van der Waals surface area contributed by atoms with Gasteiger partial charge in [-0.25, -0.2) is 0 Å². The first-order valence-corrected chi connectivity index (χ1v) is 5.74. The Hall–Kier alpha value is -1.02. The van der Waals surface area contributed by atoms with E-state index in [4.69, 9.17) is 0 Å². The highest BCUT2D eigenvalue weighted by Gasteiger charge is 2.15. The van der Waals surface area contributed by atoms with Gasteiger partial charge in [0.25, 0.3) is 0 Å². The van der Waals surface area contributed by atoms with Crippen LogP contribution in [-0.2, 0) is 13.0 Å². The van der Waals surface area contributed by atoms with E-state index >= 15 is 0 Å². The topological polar surface area (TPSA) is 15.3 Å². The summed E-state index contributed by atoms with van der Waals surface area (Å²) in [7, 11) is 2.18. The fourth-order valence-electron chi connectivity index (χ4n) is 2.12. The lowest BCUT2D eigenvalue weighted by atomic mass is 9.98. The first-order chi connectivity index (χ1) is 7.20. The van der Waals surface area contributed by atoms with Gasteiger partial charge in [0.15, 0.2) is 0 Å². The number of hydrogen-bond donors (Lipinski definition) is 1. The Morgan fingerprint density at radius 1 is 1.33 bits per heavy atom. The first-order valence-electron chi connectivity index (χ1n) is 5.74. The maximum atomic E-state index is 3.42. The molecule has 0 saturated heterocycles. The van der Waals surface area contributed by atoms with Crippen LogP contribution in [0.15, 0.2) is 18.2 Å². The lowest BCUT2D eigenvalue weighted by Crippen LogP contribution is -2.30. The van der Waals surface area contributed by atoms with Gasteiger partial charge >= 0.3 is 0 Å². The Morgan fingerprint density at radius 3 is 2.87 bits per heavy atom. The summed E-state index contributed by atoms with van der Waals surface area (Å²) in [5.41, 5.74) is 4.41. The summed E-state index contributed by atoms with van der Waals surface area (Å²) in [5.74, 6) is 0. The van der Waals surface area contributed by atoms with Crippen molar-refractivity contribution in [3.05, 3.63) is 29.3 Å². The third-order valence-electron chi connectivity index (χ3n) is 3.27. The largest absolute Gasteiger partial charge is 0.372 e. The molecule has 15 heavy (non-hydrogen) atoms.